The van der Waals surface area contributed by atoms with Gasteiger partial charge in [0.2, 0.25) is 10.0 Å². The Bertz CT molecular complexity index is 537. The predicted octanol–water partition coefficient (Wildman–Crippen LogP) is 1.41. The van der Waals surface area contributed by atoms with Crippen LogP contribution in [0.15, 0.2) is 23.1 Å². The van der Waals surface area contributed by atoms with Crippen LogP contribution in [0.25, 0.3) is 0 Å². The molecule has 0 spiro atoms. The topological polar surface area (TPSA) is 80.5 Å². The fraction of sp³-hybridized carbons (Fsp3) is 0.400. The van der Waals surface area contributed by atoms with Crippen LogP contribution >= 0.6 is 0 Å². The molecule has 1 aromatic carbocycles. The zero-order chi connectivity index (χ0) is 13.2. The van der Waals surface area contributed by atoms with E-state index >= 15 is 0 Å². The van der Waals surface area contributed by atoms with E-state index in [2.05, 4.69) is 0 Å². The second-order valence-electron chi connectivity index (χ2n) is 3.69. The Kier molecular flexibility index (Phi) is 3.84. The molecule has 6 nitrogen and oxygen atoms in total. The molecule has 0 saturated carbocycles. The molecule has 0 fully saturated rings. The van der Waals surface area contributed by atoms with Gasteiger partial charge in [-0.1, -0.05) is 13.0 Å². The fourth-order valence-corrected chi connectivity index (χ4v) is 2.59. The number of benzene rings is 1. The lowest BCUT2D eigenvalue weighted by Crippen LogP contribution is -2.23. The number of hydrogen-bond donors (Lipinski definition) is 0. The molecule has 0 aliphatic rings. The van der Waals surface area contributed by atoms with E-state index in [0.717, 1.165) is 10.4 Å². The summed E-state index contributed by atoms with van der Waals surface area (Å²) in [6.07, 6.45) is 0.500. The van der Waals surface area contributed by atoms with Crippen molar-refractivity contribution in [3.8, 4) is 0 Å². The molecule has 0 aromatic heterocycles. The maximum Gasteiger partial charge on any atom is 0.270 e. The normalized spacial score (nSPS) is 11.8. The van der Waals surface area contributed by atoms with Crippen molar-refractivity contribution in [3.05, 3.63) is 33.9 Å². The van der Waals surface area contributed by atoms with Crippen LogP contribution in [0.1, 0.15) is 12.5 Å². The first-order valence-corrected chi connectivity index (χ1v) is 6.44. The van der Waals surface area contributed by atoms with Crippen molar-refractivity contribution < 1.29 is 13.3 Å². The maximum atomic E-state index is 12.0. The highest BCUT2D eigenvalue weighted by Gasteiger charge is 2.23. The third kappa shape index (κ3) is 2.62. The molecular weight excluding hydrogens is 244 g/mol. The lowest BCUT2D eigenvalue weighted by atomic mass is 10.1. The number of sulfonamides is 1. The Morgan fingerprint density at radius 3 is 2.35 bits per heavy atom. The van der Waals surface area contributed by atoms with E-state index < -0.39 is 14.9 Å². The van der Waals surface area contributed by atoms with Crippen LogP contribution in [0.5, 0.6) is 0 Å². The number of hydrogen-bond acceptors (Lipinski definition) is 4. The smallest absolute Gasteiger partial charge is 0.258 e. The van der Waals surface area contributed by atoms with Gasteiger partial charge in [0.05, 0.1) is 9.82 Å². The first kappa shape index (κ1) is 13.6. The molecule has 1 aromatic rings. The van der Waals surface area contributed by atoms with Crippen LogP contribution in [0, 0.1) is 10.1 Å². The molecule has 0 radical (unpaired) electrons. The molecule has 0 saturated heterocycles. The minimum Gasteiger partial charge on any atom is -0.258 e. The van der Waals surface area contributed by atoms with Gasteiger partial charge in [0.1, 0.15) is 0 Å². The Hall–Kier alpha value is -1.47. The lowest BCUT2D eigenvalue weighted by Gasteiger charge is -2.14. The minimum atomic E-state index is -3.65. The monoisotopic (exact) mass is 258 g/mol. The summed E-state index contributed by atoms with van der Waals surface area (Å²) in [4.78, 5) is 10.0. The number of aryl methyl sites for hydroxylation is 1. The van der Waals surface area contributed by atoms with Crippen molar-refractivity contribution in [2.24, 2.45) is 0 Å². The average Bonchev–Trinajstić information content (AvgIpc) is 2.27. The Morgan fingerprint density at radius 1 is 1.35 bits per heavy atom. The van der Waals surface area contributed by atoms with Gasteiger partial charge in [-0.05, 0) is 12.0 Å². The summed E-state index contributed by atoms with van der Waals surface area (Å²) in [5.41, 5.74) is 0.354. The molecule has 0 N–H and O–H groups in total. The summed E-state index contributed by atoms with van der Waals surface area (Å²) < 4.78 is 25.0. The van der Waals surface area contributed by atoms with E-state index in [9.17, 15) is 18.5 Å². The van der Waals surface area contributed by atoms with Gasteiger partial charge in [-0.25, -0.2) is 12.7 Å². The molecule has 0 bridgehead atoms. The number of nitro benzene ring substituents is 1. The highest BCUT2D eigenvalue weighted by atomic mass is 32.2. The number of nitro groups is 1. The van der Waals surface area contributed by atoms with E-state index in [1.807, 2.05) is 0 Å². The predicted molar refractivity (Wildman–Crippen MR) is 63.3 cm³/mol. The Balaban J connectivity index is 3.49. The Labute approximate surface area is 100 Å². The summed E-state index contributed by atoms with van der Waals surface area (Å²) in [7, 11) is -0.854. The summed E-state index contributed by atoms with van der Waals surface area (Å²) >= 11 is 0. The summed E-state index contributed by atoms with van der Waals surface area (Å²) in [5.74, 6) is 0. The van der Waals surface area contributed by atoms with Gasteiger partial charge in [0.25, 0.3) is 5.69 Å². The number of non-ortho nitro benzene ring substituents is 1. The molecule has 1 rings (SSSR count). The van der Waals surface area contributed by atoms with Crippen molar-refractivity contribution in [3.63, 3.8) is 0 Å². The molecule has 7 heteroatoms. The van der Waals surface area contributed by atoms with E-state index in [1.165, 1.54) is 26.2 Å². The van der Waals surface area contributed by atoms with Gasteiger partial charge in [-0.2, -0.15) is 0 Å². The average molecular weight is 258 g/mol. The van der Waals surface area contributed by atoms with Crippen LogP contribution < -0.4 is 0 Å². The van der Waals surface area contributed by atoms with Crippen molar-refractivity contribution in [2.45, 2.75) is 18.2 Å². The van der Waals surface area contributed by atoms with Crippen LogP contribution in [-0.2, 0) is 16.4 Å². The van der Waals surface area contributed by atoms with Gasteiger partial charge < -0.3 is 0 Å². The van der Waals surface area contributed by atoms with Crippen LogP contribution in [0.3, 0.4) is 0 Å². The zero-order valence-electron chi connectivity index (χ0n) is 9.87. The van der Waals surface area contributed by atoms with Crippen molar-refractivity contribution in [2.75, 3.05) is 14.1 Å². The molecular formula is C10H14N2O4S. The van der Waals surface area contributed by atoms with Crippen LogP contribution in [-0.4, -0.2) is 31.7 Å². The largest absolute Gasteiger partial charge is 0.270 e. The second-order valence-corrected chi connectivity index (χ2v) is 5.81. The quantitative estimate of drug-likeness (QED) is 0.604. The van der Waals surface area contributed by atoms with Gasteiger partial charge in [0.15, 0.2) is 0 Å². The van der Waals surface area contributed by atoms with Gasteiger partial charge in [-0.15, -0.1) is 0 Å². The summed E-state index contributed by atoms with van der Waals surface area (Å²) in [6, 6.07) is 3.90. The summed E-state index contributed by atoms with van der Waals surface area (Å²) in [5, 5.41) is 10.6. The third-order valence-electron chi connectivity index (χ3n) is 2.40. The minimum absolute atomic E-state index is 0.000741. The van der Waals surface area contributed by atoms with Gasteiger partial charge >= 0.3 is 0 Å². The van der Waals surface area contributed by atoms with Crippen molar-refractivity contribution in [1.82, 2.24) is 4.31 Å². The molecule has 0 heterocycles. The molecule has 0 amide bonds. The SMILES string of the molecule is CCc1ccc([N+](=O)[O-])cc1S(=O)(=O)N(C)C. The second kappa shape index (κ2) is 4.80. The molecule has 0 aliphatic carbocycles. The van der Waals surface area contributed by atoms with E-state index in [-0.39, 0.29) is 10.6 Å². The fourth-order valence-electron chi connectivity index (χ4n) is 1.39. The van der Waals surface area contributed by atoms with E-state index in [1.54, 1.807) is 6.92 Å². The van der Waals surface area contributed by atoms with Gasteiger partial charge in [0, 0.05) is 26.2 Å². The Morgan fingerprint density at radius 2 is 1.94 bits per heavy atom. The molecule has 0 aliphatic heterocycles. The van der Waals surface area contributed by atoms with E-state index in [0.29, 0.717) is 12.0 Å². The maximum absolute atomic E-state index is 12.0. The summed E-state index contributed by atoms with van der Waals surface area (Å²) in [6.45, 7) is 1.80. The third-order valence-corrected chi connectivity index (χ3v) is 4.30. The molecule has 0 unspecified atom stereocenters. The number of nitrogens with zero attached hydrogens (tertiary/aromatic N) is 2. The lowest BCUT2D eigenvalue weighted by molar-refractivity contribution is -0.385. The zero-order valence-corrected chi connectivity index (χ0v) is 10.7. The first-order valence-electron chi connectivity index (χ1n) is 5.00. The van der Waals surface area contributed by atoms with Crippen LogP contribution in [0.4, 0.5) is 5.69 Å². The molecule has 94 valence electrons. The van der Waals surface area contributed by atoms with E-state index in [4.69, 9.17) is 0 Å². The van der Waals surface area contributed by atoms with Crippen molar-refractivity contribution in [1.29, 1.82) is 0 Å². The van der Waals surface area contributed by atoms with Crippen molar-refractivity contribution >= 4 is 15.7 Å². The van der Waals surface area contributed by atoms with Crippen LogP contribution in [0.2, 0.25) is 0 Å². The highest BCUT2D eigenvalue weighted by molar-refractivity contribution is 7.89. The first-order chi connectivity index (χ1) is 7.80. The molecule has 0 atom stereocenters. The molecule has 17 heavy (non-hydrogen) atoms. The highest BCUT2D eigenvalue weighted by Crippen LogP contribution is 2.24. The number of rotatable bonds is 4. The standard InChI is InChI=1S/C10H14N2O4S/c1-4-8-5-6-9(12(13)14)7-10(8)17(15,16)11(2)3/h5-7H,4H2,1-3H3. The van der Waals surface area contributed by atoms with Gasteiger partial charge in [-0.3, -0.25) is 10.1 Å².